The van der Waals surface area contributed by atoms with Crippen molar-refractivity contribution in [1.29, 1.82) is 0 Å². The molecule has 2 aromatic rings. The van der Waals surface area contributed by atoms with Gasteiger partial charge >= 0.3 is 0 Å². The van der Waals surface area contributed by atoms with Crippen LogP contribution in [-0.2, 0) is 11.2 Å². The normalized spacial score (nSPS) is 19.3. The molecule has 2 aromatic carbocycles. The molecule has 2 N–H and O–H groups in total. The first-order valence-electron chi connectivity index (χ1n) is 7.86. The Morgan fingerprint density at radius 2 is 1.76 bits per heavy atom. The number of halogens is 1. The van der Waals surface area contributed by atoms with Crippen LogP contribution in [-0.4, -0.2) is 34.9 Å². The summed E-state index contributed by atoms with van der Waals surface area (Å²) in [6, 6.07) is 16.0. The topological polar surface area (TPSA) is 89.5 Å². The van der Waals surface area contributed by atoms with Crippen LogP contribution in [0.15, 0.2) is 54.6 Å². The van der Waals surface area contributed by atoms with E-state index in [1.165, 1.54) is 12.1 Å². The molecule has 1 aliphatic rings. The third-order valence-corrected chi connectivity index (χ3v) is 4.45. The molecule has 1 heterocycles. The summed E-state index contributed by atoms with van der Waals surface area (Å²) >= 11 is 0. The lowest BCUT2D eigenvalue weighted by Crippen LogP contribution is -2.33. The van der Waals surface area contributed by atoms with Crippen LogP contribution in [0.2, 0.25) is 0 Å². The molecule has 0 spiro atoms. The lowest BCUT2D eigenvalue weighted by Gasteiger charge is -2.16. The quantitative estimate of drug-likeness (QED) is 0.669. The zero-order chi connectivity index (χ0) is 17.1. The summed E-state index contributed by atoms with van der Waals surface area (Å²) in [5.41, 5.74) is 8.16. The number of rotatable bonds is 4. The van der Waals surface area contributed by atoms with Crippen molar-refractivity contribution in [1.82, 2.24) is 4.90 Å². The van der Waals surface area contributed by atoms with Gasteiger partial charge < -0.3 is 10.6 Å². The highest BCUT2D eigenvalue weighted by atomic mass is 35.5. The number of carbonyl (C=O) groups excluding carboxylic acids is 1. The Bertz CT molecular complexity index is 737. The number of nitrogens with zero attached hydrogens (tertiary/aromatic N) is 2. The lowest BCUT2D eigenvalue weighted by atomic mass is 9.95. The maximum absolute atomic E-state index is 12.5. The summed E-state index contributed by atoms with van der Waals surface area (Å²) in [5, 5.41) is 10.7. The predicted octanol–water partition coefficient (Wildman–Crippen LogP) is 2.51. The van der Waals surface area contributed by atoms with Crippen molar-refractivity contribution in [3.8, 4) is 0 Å². The maximum atomic E-state index is 12.5. The molecular weight excluding hydrogens is 342 g/mol. The van der Waals surface area contributed by atoms with Crippen molar-refractivity contribution >= 4 is 24.0 Å². The highest BCUT2D eigenvalue weighted by molar-refractivity contribution is 5.85. The molecule has 0 unspecified atom stereocenters. The molecule has 0 radical (unpaired) electrons. The molecule has 0 bridgehead atoms. The van der Waals surface area contributed by atoms with Crippen molar-refractivity contribution in [2.45, 2.75) is 18.4 Å². The molecule has 0 aromatic heterocycles. The van der Waals surface area contributed by atoms with Gasteiger partial charge in [-0.2, -0.15) is 0 Å². The standard InChI is InChI=1S/C18H19N3O3.ClH/c19-17-12-20(11-16(17)14-4-2-1-3-5-14)18(22)10-13-6-8-15(9-7-13)21(23)24;/h1-9,16-17H,10-12,19H2;1H/t16-,17+;/m0./s1. The molecule has 1 saturated heterocycles. The van der Waals surface area contributed by atoms with E-state index in [0.717, 1.165) is 11.1 Å². The highest BCUT2D eigenvalue weighted by Crippen LogP contribution is 2.26. The number of non-ortho nitro benzene ring substituents is 1. The number of nitrogens with two attached hydrogens (primary N) is 1. The van der Waals surface area contributed by atoms with Gasteiger partial charge in [0, 0.05) is 37.2 Å². The number of hydrogen-bond donors (Lipinski definition) is 1. The summed E-state index contributed by atoms with van der Waals surface area (Å²) in [6.07, 6.45) is 0.228. The van der Waals surface area contributed by atoms with Gasteiger partial charge in [-0.25, -0.2) is 0 Å². The molecule has 1 aliphatic heterocycles. The van der Waals surface area contributed by atoms with Crippen LogP contribution in [0.1, 0.15) is 17.0 Å². The Labute approximate surface area is 152 Å². The monoisotopic (exact) mass is 361 g/mol. The van der Waals surface area contributed by atoms with Gasteiger partial charge in [0.2, 0.25) is 5.91 Å². The van der Waals surface area contributed by atoms with Gasteiger partial charge in [-0.1, -0.05) is 42.5 Å². The Hall–Kier alpha value is -2.44. The second-order valence-corrected chi connectivity index (χ2v) is 6.08. The van der Waals surface area contributed by atoms with Crippen molar-refractivity contribution in [2.75, 3.05) is 13.1 Å². The summed E-state index contributed by atoms with van der Waals surface area (Å²) in [4.78, 5) is 24.5. The first-order valence-corrected chi connectivity index (χ1v) is 7.86. The average Bonchev–Trinajstić information content (AvgIpc) is 2.98. The molecule has 2 atom stereocenters. The second kappa shape index (κ2) is 8.09. The smallest absolute Gasteiger partial charge is 0.269 e. The Kier molecular flexibility index (Phi) is 6.12. The van der Waals surface area contributed by atoms with E-state index in [1.807, 2.05) is 30.3 Å². The SMILES string of the molecule is Cl.N[C@@H]1CN(C(=O)Cc2ccc([N+](=O)[O-])cc2)C[C@H]1c1ccccc1. The van der Waals surface area contributed by atoms with Crippen LogP contribution in [0, 0.1) is 10.1 Å². The van der Waals surface area contributed by atoms with Gasteiger partial charge in [-0.05, 0) is 11.1 Å². The van der Waals surface area contributed by atoms with Gasteiger partial charge in [-0.15, -0.1) is 12.4 Å². The first-order chi connectivity index (χ1) is 11.5. The Morgan fingerprint density at radius 1 is 1.12 bits per heavy atom. The average molecular weight is 362 g/mol. The van der Waals surface area contributed by atoms with Gasteiger partial charge in [0.25, 0.3) is 5.69 Å². The molecule has 6 nitrogen and oxygen atoms in total. The van der Waals surface area contributed by atoms with Crippen LogP contribution < -0.4 is 5.73 Å². The maximum Gasteiger partial charge on any atom is 0.269 e. The number of carbonyl (C=O) groups is 1. The van der Waals surface area contributed by atoms with E-state index in [2.05, 4.69) is 0 Å². The van der Waals surface area contributed by atoms with E-state index in [1.54, 1.807) is 17.0 Å². The second-order valence-electron chi connectivity index (χ2n) is 6.08. The minimum atomic E-state index is -0.449. The first kappa shape index (κ1) is 18.9. The van der Waals surface area contributed by atoms with E-state index < -0.39 is 4.92 Å². The van der Waals surface area contributed by atoms with Crippen molar-refractivity contribution in [3.63, 3.8) is 0 Å². The summed E-state index contributed by atoms with van der Waals surface area (Å²) in [5.74, 6) is 0.143. The van der Waals surface area contributed by atoms with Gasteiger partial charge in [-0.3, -0.25) is 14.9 Å². The number of hydrogen-bond acceptors (Lipinski definition) is 4. The summed E-state index contributed by atoms with van der Waals surface area (Å²) in [7, 11) is 0. The zero-order valence-electron chi connectivity index (χ0n) is 13.6. The molecule has 132 valence electrons. The third-order valence-electron chi connectivity index (χ3n) is 4.45. The molecule has 25 heavy (non-hydrogen) atoms. The molecule has 0 saturated carbocycles. The van der Waals surface area contributed by atoms with Crippen LogP contribution in [0.5, 0.6) is 0 Å². The fourth-order valence-electron chi connectivity index (χ4n) is 3.11. The van der Waals surface area contributed by atoms with Crippen molar-refractivity contribution in [2.24, 2.45) is 5.73 Å². The molecule has 7 heteroatoms. The number of likely N-dealkylation sites (tertiary alicyclic amines) is 1. The molecular formula is C18H20ClN3O3. The Morgan fingerprint density at radius 3 is 2.36 bits per heavy atom. The molecule has 1 amide bonds. The van der Waals surface area contributed by atoms with E-state index in [9.17, 15) is 14.9 Å². The van der Waals surface area contributed by atoms with Gasteiger partial charge in [0.1, 0.15) is 0 Å². The van der Waals surface area contributed by atoms with Crippen LogP contribution in [0.25, 0.3) is 0 Å². The minimum absolute atomic E-state index is 0. The van der Waals surface area contributed by atoms with E-state index in [4.69, 9.17) is 5.73 Å². The fraction of sp³-hybridized carbons (Fsp3) is 0.278. The van der Waals surface area contributed by atoms with E-state index in [-0.39, 0.29) is 42.4 Å². The van der Waals surface area contributed by atoms with E-state index in [0.29, 0.717) is 13.1 Å². The fourth-order valence-corrected chi connectivity index (χ4v) is 3.11. The largest absolute Gasteiger partial charge is 0.340 e. The molecule has 3 rings (SSSR count). The lowest BCUT2D eigenvalue weighted by molar-refractivity contribution is -0.384. The zero-order valence-corrected chi connectivity index (χ0v) is 14.4. The summed E-state index contributed by atoms with van der Waals surface area (Å²) in [6.45, 7) is 1.14. The van der Waals surface area contributed by atoms with E-state index >= 15 is 0 Å². The number of nitro groups is 1. The number of nitro benzene ring substituents is 1. The van der Waals surface area contributed by atoms with Gasteiger partial charge in [0.15, 0.2) is 0 Å². The molecule has 0 aliphatic carbocycles. The third kappa shape index (κ3) is 4.35. The van der Waals surface area contributed by atoms with Crippen molar-refractivity contribution < 1.29 is 9.72 Å². The summed E-state index contributed by atoms with van der Waals surface area (Å²) < 4.78 is 0. The van der Waals surface area contributed by atoms with Crippen LogP contribution >= 0.6 is 12.4 Å². The van der Waals surface area contributed by atoms with Gasteiger partial charge in [0.05, 0.1) is 11.3 Å². The number of benzene rings is 2. The predicted molar refractivity (Wildman–Crippen MR) is 97.8 cm³/mol. The minimum Gasteiger partial charge on any atom is -0.340 e. The van der Waals surface area contributed by atoms with Crippen LogP contribution in [0.4, 0.5) is 5.69 Å². The number of amides is 1. The van der Waals surface area contributed by atoms with Crippen molar-refractivity contribution in [3.05, 3.63) is 75.8 Å². The molecule has 1 fully saturated rings. The Balaban J connectivity index is 0.00000225. The van der Waals surface area contributed by atoms with Crippen LogP contribution in [0.3, 0.4) is 0 Å². The highest BCUT2D eigenvalue weighted by Gasteiger charge is 2.33.